The van der Waals surface area contributed by atoms with Gasteiger partial charge < -0.3 is 11.5 Å². The van der Waals surface area contributed by atoms with Crippen LogP contribution in [0.25, 0.3) is 28.2 Å². The first-order valence-electron chi connectivity index (χ1n) is 9.11. The van der Waals surface area contributed by atoms with E-state index >= 15 is 0 Å². The van der Waals surface area contributed by atoms with Crippen molar-refractivity contribution in [3.63, 3.8) is 0 Å². The zero-order valence-corrected chi connectivity index (χ0v) is 14.8. The second-order valence-corrected chi connectivity index (χ2v) is 7.17. The highest BCUT2D eigenvalue weighted by molar-refractivity contribution is 5.81. The zero-order valence-electron chi connectivity index (χ0n) is 14.8. The van der Waals surface area contributed by atoms with Gasteiger partial charge in [-0.3, -0.25) is 0 Å². The standard InChI is InChI=1S/C21H20N6/c22-19-25-20-24-18(15-7-9-16(10-8-15)21(23)11-4-12-21)17(13-27(20)26-19)14-5-2-1-3-6-14/h1-3,5-10,13H,4,11-12,23H2,(H2,22,26). The fourth-order valence-electron chi connectivity index (χ4n) is 3.69. The van der Waals surface area contributed by atoms with Crippen molar-refractivity contribution in [2.75, 3.05) is 5.73 Å². The highest BCUT2D eigenvalue weighted by atomic mass is 15.4. The maximum absolute atomic E-state index is 6.46. The number of nitrogen functional groups attached to an aromatic ring is 1. The molecular weight excluding hydrogens is 336 g/mol. The van der Waals surface area contributed by atoms with Crippen LogP contribution in [0.3, 0.4) is 0 Å². The minimum absolute atomic E-state index is 0.167. The fraction of sp³-hybridized carbons (Fsp3) is 0.190. The van der Waals surface area contributed by atoms with Crippen molar-refractivity contribution >= 4 is 11.7 Å². The van der Waals surface area contributed by atoms with Crippen LogP contribution in [0.4, 0.5) is 5.95 Å². The van der Waals surface area contributed by atoms with E-state index in [1.165, 1.54) is 12.0 Å². The first-order chi connectivity index (χ1) is 13.1. The zero-order chi connectivity index (χ0) is 18.4. The van der Waals surface area contributed by atoms with Gasteiger partial charge in [-0.25, -0.2) is 9.50 Å². The van der Waals surface area contributed by atoms with Crippen LogP contribution in [0, 0.1) is 0 Å². The van der Waals surface area contributed by atoms with Crippen molar-refractivity contribution in [1.82, 2.24) is 19.6 Å². The van der Waals surface area contributed by atoms with Gasteiger partial charge in [-0.05, 0) is 30.4 Å². The number of rotatable bonds is 3. The minimum Gasteiger partial charge on any atom is -0.366 e. The highest BCUT2D eigenvalue weighted by Gasteiger charge is 2.34. The molecule has 134 valence electrons. The molecule has 0 amide bonds. The monoisotopic (exact) mass is 356 g/mol. The molecule has 0 atom stereocenters. The summed E-state index contributed by atoms with van der Waals surface area (Å²) in [6.45, 7) is 0. The molecule has 1 aliphatic rings. The first-order valence-corrected chi connectivity index (χ1v) is 9.11. The Kier molecular flexibility index (Phi) is 3.48. The van der Waals surface area contributed by atoms with Crippen LogP contribution in [0.5, 0.6) is 0 Å². The molecule has 0 spiro atoms. The van der Waals surface area contributed by atoms with Crippen LogP contribution in [-0.2, 0) is 5.54 Å². The summed E-state index contributed by atoms with van der Waals surface area (Å²) >= 11 is 0. The molecular formula is C21H20N6. The number of hydrogen-bond acceptors (Lipinski definition) is 5. The summed E-state index contributed by atoms with van der Waals surface area (Å²) in [7, 11) is 0. The predicted molar refractivity (Wildman–Crippen MR) is 106 cm³/mol. The van der Waals surface area contributed by atoms with E-state index in [1.54, 1.807) is 4.52 Å². The molecule has 27 heavy (non-hydrogen) atoms. The normalized spacial score (nSPS) is 15.6. The smallest absolute Gasteiger partial charge is 0.254 e. The van der Waals surface area contributed by atoms with Crippen molar-refractivity contribution in [2.45, 2.75) is 24.8 Å². The van der Waals surface area contributed by atoms with Gasteiger partial charge in [-0.15, -0.1) is 5.10 Å². The van der Waals surface area contributed by atoms with Crippen molar-refractivity contribution < 1.29 is 0 Å². The third-order valence-corrected chi connectivity index (χ3v) is 5.41. The Morgan fingerprint density at radius 2 is 1.63 bits per heavy atom. The van der Waals surface area contributed by atoms with E-state index in [2.05, 4.69) is 46.5 Å². The molecule has 6 heteroatoms. The fourth-order valence-corrected chi connectivity index (χ4v) is 3.69. The molecule has 5 rings (SSSR count). The van der Waals surface area contributed by atoms with Crippen LogP contribution in [0.1, 0.15) is 24.8 Å². The Morgan fingerprint density at radius 1 is 0.889 bits per heavy atom. The van der Waals surface area contributed by atoms with Gasteiger partial charge in [0, 0.05) is 22.9 Å². The molecule has 2 aromatic heterocycles. The van der Waals surface area contributed by atoms with Crippen LogP contribution >= 0.6 is 0 Å². The molecule has 0 radical (unpaired) electrons. The summed E-state index contributed by atoms with van der Waals surface area (Å²) in [6.07, 6.45) is 5.22. The average Bonchev–Trinajstić information content (AvgIpc) is 3.05. The Labute approximate surface area is 156 Å². The maximum Gasteiger partial charge on any atom is 0.254 e. The van der Waals surface area contributed by atoms with Gasteiger partial charge in [0.1, 0.15) is 0 Å². The summed E-state index contributed by atoms with van der Waals surface area (Å²) in [5.41, 5.74) is 17.2. The number of nitrogens with zero attached hydrogens (tertiary/aromatic N) is 4. The third-order valence-electron chi connectivity index (χ3n) is 5.41. The first kappa shape index (κ1) is 16.0. The van der Waals surface area contributed by atoms with Crippen LogP contribution < -0.4 is 11.5 Å². The molecule has 0 aliphatic heterocycles. The van der Waals surface area contributed by atoms with Gasteiger partial charge in [-0.2, -0.15) is 4.98 Å². The molecule has 4 N–H and O–H groups in total. The molecule has 2 aromatic carbocycles. The van der Waals surface area contributed by atoms with E-state index < -0.39 is 0 Å². The lowest BCUT2D eigenvalue weighted by Crippen LogP contribution is -2.43. The molecule has 1 aliphatic carbocycles. The predicted octanol–water partition coefficient (Wildman–Crippen LogP) is 3.38. The van der Waals surface area contributed by atoms with Crippen LogP contribution in [0.2, 0.25) is 0 Å². The van der Waals surface area contributed by atoms with Crippen molar-refractivity contribution in [1.29, 1.82) is 0 Å². The van der Waals surface area contributed by atoms with Crippen LogP contribution in [0.15, 0.2) is 60.8 Å². The number of anilines is 1. The van der Waals surface area contributed by atoms with Gasteiger partial charge in [0.15, 0.2) is 0 Å². The summed E-state index contributed by atoms with van der Waals surface area (Å²) in [5, 5.41) is 4.20. The second-order valence-electron chi connectivity index (χ2n) is 7.17. The summed E-state index contributed by atoms with van der Waals surface area (Å²) in [6, 6.07) is 18.6. The Hall–Kier alpha value is -3.25. The molecule has 0 unspecified atom stereocenters. The van der Waals surface area contributed by atoms with Crippen molar-refractivity contribution in [3.8, 4) is 22.4 Å². The third kappa shape index (κ3) is 2.65. The topological polar surface area (TPSA) is 95.1 Å². The van der Waals surface area contributed by atoms with E-state index in [9.17, 15) is 0 Å². The highest BCUT2D eigenvalue weighted by Crippen LogP contribution is 2.39. The number of fused-ring (bicyclic) bond motifs is 1. The number of benzene rings is 2. The number of aromatic nitrogens is 4. The second kappa shape index (κ2) is 5.89. The van der Waals surface area contributed by atoms with Crippen molar-refractivity contribution in [3.05, 3.63) is 66.4 Å². The van der Waals surface area contributed by atoms with Gasteiger partial charge in [-0.1, -0.05) is 54.6 Å². The lowest BCUT2D eigenvalue weighted by molar-refractivity contribution is 0.253. The maximum atomic E-state index is 6.46. The summed E-state index contributed by atoms with van der Waals surface area (Å²) in [5.74, 6) is 0.699. The van der Waals surface area contributed by atoms with E-state index in [1.807, 2.05) is 24.4 Å². The van der Waals surface area contributed by atoms with Gasteiger partial charge in [0.05, 0.1) is 5.69 Å². The summed E-state index contributed by atoms with van der Waals surface area (Å²) < 4.78 is 1.62. The molecule has 0 bridgehead atoms. The molecule has 6 nitrogen and oxygen atoms in total. The van der Waals surface area contributed by atoms with Gasteiger partial charge in [0.2, 0.25) is 5.95 Å². The van der Waals surface area contributed by atoms with E-state index in [-0.39, 0.29) is 11.5 Å². The quantitative estimate of drug-likeness (QED) is 0.587. The van der Waals surface area contributed by atoms with E-state index in [0.29, 0.717) is 5.78 Å². The number of hydrogen-bond donors (Lipinski definition) is 2. The van der Waals surface area contributed by atoms with Gasteiger partial charge in [0.25, 0.3) is 5.78 Å². The van der Waals surface area contributed by atoms with E-state index in [0.717, 1.165) is 35.2 Å². The Morgan fingerprint density at radius 3 is 2.30 bits per heavy atom. The molecule has 4 aromatic rings. The lowest BCUT2D eigenvalue weighted by atomic mass is 9.72. The SMILES string of the molecule is Nc1nc2nc(-c3ccc(C4(N)CCC4)cc3)c(-c3ccccc3)cn2n1. The van der Waals surface area contributed by atoms with Crippen LogP contribution in [-0.4, -0.2) is 19.6 Å². The Bertz CT molecular complexity index is 1110. The van der Waals surface area contributed by atoms with E-state index in [4.69, 9.17) is 16.5 Å². The van der Waals surface area contributed by atoms with Crippen molar-refractivity contribution in [2.24, 2.45) is 5.73 Å². The molecule has 1 fully saturated rings. The minimum atomic E-state index is -0.167. The Balaban J connectivity index is 1.67. The molecule has 0 saturated heterocycles. The average molecular weight is 356 g/mol. The molecule has 2 heterocycles. The van der Waals surface area contributed by atoms with Gasteiger partial charge >= 0.3 is 0 Å². The lowest BCUT2D eigenvalue weighted by Gasteiger charge is -2.38. The molecule has 1 saturated carbocycles. The largest absolute Gasteiger partial charge is 0.366 e. The summed E-state index contributed by atoms with van der Waals surface area (Å²) in [4.78, 5) is 8.96. The number of nitrogens with two attached hydrogens (primary N) is 2.